The van der Waals surface area contributed by atoms with Crippen LogP contribution in [0.5, 0.6) is 5.75 Å². The van der Waals surface area contributed by atoms with Gasteiger partial charge in [0.25, 0.3) is 0 Å². The summed E-state index contributed by atoms with van der Waals surface area (Å²) in [6.07, 6.45) is 1.44. The predicted octanol–water partition coefficient (Wildman–Crippen LogP) is 1.08. The molecule has 0 saturated heterocycles. The van der Waals surface area contributed by atoms with Crippen LogP contribution in [-0.2, 0) is 16.6 Å². The number of benzene rings is 1. The van der Waals surface area contributed by atoms with Gasteiger partial charge in [0.15, 0.2) is 5.75 Å². The highest BCUT2D eigenvalue weighted by Crippen LogP contribution is 2.28. The number of nitrogens with one attached hydrogen (secondary N) is 1. The van der Waals surface area contributed by atoms with E-state index >= 15 is 0 Å². The van der Waals surface area contributed by atoms with E-state index in [0.717, 1.165) is 18.2 Å². The molecule has 21 heavy (non-hydrogen) atoms. The van der Waals surface area contributed by atoms with Crippen LogP contribution in [0.3, 0.4) is 0 Å². The third-order valence-electron chi connectivity index (χ3n) is 2.54. The van der Waals surface area contributed by atoms with E-state index < -0.39 is 26.4 Å². The van der Waals surface area contributed by atoms with Crippen LogP contribution in [0.2, 0.25) is 0 Å². The van der Waals surface area contributed by atoms with Crippen molar-refractivity contribution in [2.24, 2.45) is 0 Å². The van der Waals surface area contributed by atoms with Gasteiger partial charge in [0, 0.05) is 6.07 Å². The first kappa shape index (κ1) is 14.9. The number of oxazole rings is 1. The highest BCUT2D eigenvalue weighted by atomic mass is 32.2. The number of nitrogens with zero attached hydrogens (tertiary/aromatic N) is 2. The zero-order valence-electron chi connectivity index (χ0n) is 10.8. The normalized spacial score (nSPS) is 11.5. The maximum Gasteiger partial charge on any atom is 0.312 e. The summed E-state index contributed by atoms with van der Waals surface area (Å²) in [7, 11) is -3.99. The topological polar surface area (TPSA) is 136 Å². The molecule has 0 bridgehead atoms. The van der Waals surface area contributed by atoms with Crippen LogP contribution < -0.4 is 4.72 Å². The summed E-state index contributed by atoms with van der Waals surface area (Å²) in [4.78, 5) is 13.3. The zero-order valence-corrected chi connectivity index (χ0v) is 11.6. The summed E-state index contributed by atoms with van der Waals surface area (Å²) in [5.41, 5.74) is -0.690. The molecule has 112 valence electrons. The van der Waals surface area contributed by atoms with Crippen molar-refractivity contribution >= 4 is 15.7 Å². The smallest absolute Gasteiger partial charge is 0.312 e. The number of aryl methyl sites for hydroxylation is 1. The molecule has 1 heterocycles. The van der Waals surface area contributed by atoms with Gasteiger partial charge >= 0.3 is 5.69 Å². The molecule has 10 heteroatoms. The summed E-state index contributed by atoms with van der Waals surface area (Å²) >= 11 is 0. The van der Waals surface area contributed by atoms with Crippen molar-refractivity contribution < 1.29 is 22.9 Å². The van der Waals surface area contributed by atoms with Crippen LogP contribution in [0.15, 0.2) is 33.7 Å². The van der Waals surface area contributed by atoms with E-state index in [2.05, 4.69) is 9.71 Å². The van der Waals surface area contributed by atoms with Crippen LogP contribution in [0.4, 0.5) is 5.69 Å². The van der Waals surface area contributed by atoms with Crippen molar-refractivity contribution in [3.8, 4) is 5.75 Å². The monoisotopic (exact) mass is 313 g/mol. The largest absolute Gasteiger partial charge is 0.502 e. The van der Waals surface area contributed by atoms with E-state index in [1.165, 1.54) is 6.20 Å². The molecule has 0 spiro atoms. The maximum absolute atomic E-state index is 12.0. The SMILES string of the molecule is Cc1cnc(CNS(=O)(=O)c2ccc(O)c([N+](=O)[O-])c2)o1. The second-order valence-electron chi connectivity index (χ2n) is 4.10. The first-order chi connectivity index (χ1) is 9.79. The molecule has 0 fully saturated rings. The Hall–Kier alpha value is -2.46. The summed E-state index contributed by atoms with van der Waals surface area (Å²) < 4.78 is 31.3. The minimum Gasteiger partial charge on any atom is -0.502 e. The lowest BCUT2D eigenvalue weighted by molar-refractivity contribution is -0.386. The van der Waals surface area contributed by atoms with Crippen molar-refractivity contribution in [1.82, 2.24) is 9.71 Å². The molecule has 1 aromatic carbocycles. The number of nitro benzene ring substituents is 1. The summed E-state index contributed by atoms with van der Waals surface area (Å²) in [5.74, 6) is 0.0936. The second kappa shape index (κ2) is 5.50. The van der Waals surface area contributed by atoms with Crippen LogP contribution in [0.25, 0.3) is 0 Å². The summed E-state index contributed by atoms with van der Waals surface area (Å²) in [6, 6.07) is 2.78. The molecule has 0 aliphatic carbocycles. The van der Waals surface area contributed by atoms with Crippen LogP contribution >= 0.6 is 0 Å². The third-order valence-corrected chi connectivity index (χ3v) is 3.94. The van der Waals surface area contributed by atoms with E-state index in [0.29, 0.717) is 5.76 Å². The minimum atomic E-state index is -3.99. The molecular weight excluding hydrogens is 302 g/mol. The van der Waals surface area contributed by atoms with E-state index in [-0.39, 0.29) is 17.3 Å². The Morgan fingerprint density at radius 3 is 2.76 bits per heavy atom. The number of aromatic nitrogens is 1. The third kappa shape index (κ3) is 3.35. The average molecular weight is 313 g/mol. The molecule has 9 nitrogen and oxygen atoms in total. The van der Waals surface area contributed by atoms with Gasteiger partial charge in [0.2, 0.25) is 15.9 Å². The molecule has 1 aromatic heterocycles. The first-order valence-corrected chi connectivity index (χ1v) is 7.16. The molecule has 0 atom stereocenters. The van der Waals surface area contributed by atoms with E-state index in [4.69, 9.17) is 4.42 Å². The van der Waals surface area contributed by atoms with Crippen LogP contribution in [-0.4, -0.2) is 23.4 Å². The fraction of sp³-hybridized carbons (Fsp3) is 0.182. The number of hydrogen-bond donors (Lipinski definition) is 2. The van der Waals surface area contributed by atoms with Crippen molar-refractivity contribution in [3.63, 3.8) is 0 Å². The summed E-state index contributed by atoms with van der Waals surface area (Å²) in [6.45, 7) is 1.47. The molecule has 0 amide bonds. The first-order valence-electron chi connectivity index (χ1n) is 5.68. The molecule has 2 aromatic rings. The molecule has 0 radical (unpaired) electrons. The Labute approximate surface area is 119 Å². The molecule has 0 aliphatic heterocycles. The van der Waals surface area contributed by atoms with Crippen LogP contribution in [0.1, 0.15) is 11.7 Å². The van der Waals surface area contributed by atoms with E-state index in [1.807, 2.05) is 0 Å². The number of aromatic hydroxyl groups is 1. The van der Waals surface area contributed by atoms with Gasteiger partial charge in [0.1, 0.15) is 5.76 Å². The number of phenols is 1. The average Bonchev–Trinajstić information content (AvgIpc) is 2.82. The van der Waals surface area contributed by atoms with E-state index in [1.54, 1.807) is 6.92 Å². The Balaban J connectivity index is 2.23. The van der Waals surface area contributed by atoms with Crippen LogP contribution in [0, 0.1) is 17.0 Å². The summed E-state index contributed by atoms with van der Waals surface area (Å²) in [5, 5.41) is 20.0. The second-order valence-corrected chi connectivity index (χ2v) is 5.86. The Morgan fingerprint density at radius 2 is 2.19 bits per heavy atom. The van der Waals surface area contributed by atoms with Crippen molar-refractivity contribution in [1.29, 1.82) is 0 Å². The van der Waals surface area contributed by atoms with Gasteiger partial charge < -0.3 is 9.52 Å². The van der Waals surface area contributed by atoms with E-state index in [9.17, 15) is 23.6 Å². The van der Waals surface area contributed by atoms with Gasteiger partial charge in [-0.3, -0.25) is 10.1 Å². The molecule has 0 saturated carbocycles. The van der Waals surface area contributed by atoms with Gasteiger partial charge in [-0.15, -0.1) is 0 Å². The maximum atomic E-state index is 12.0. The molecule has 0 aliphatic rings. The lowest BCUT2D eigenvalue weighted by Gasteiger charge is -2.05. The van der Waals surface area contributed by atoms with Gasteiger partial charge in [-0.1, -0.05) is 0 Å². The molecule has 0 unspecified atom stereocenters. The Kier molecular flexibility index (Phi) is 3.91. The minimum absolute atomic E-state index is 0.171. The van der Waals surface area contributed by atoms with Gasteiger partial charge in [-0.25, -0.2) is 18.1 Å². The van der Waals surface area contributed by atoms with Gasteiger partial charge in [0.05, 0.1) is 22.6 Å². The number of nitro groups is 1. The fourth-order valence-corrected chi connectivity index (χ4v) is 2.53. The fourth-order valence-electron chi connectivity index (χ4n) is 1.54. The van der Waals surface area contributed by atoms with Crippen molar-refractivity contribution in [2.45, 2.75) is 18.4 Å². The lowest BCUT2D eigenvalue weighted by atomic mass is 10.3. The number of hydrogen-bond acceptors (Lipinski definition) is 7. The molecule has 2 N–H and O–H groups in total. The Morgan fingerprint density at radius 1 is 1.48 bits per heavy atom. The standard InChI is InChI=1S/C11H11N3O6S/c1-7-5-12-11(20-7)6-13-21(18,19)8-2-3-10(15)9(4-8)14(16)17/h2-5,13,15H,6H2,1H3. The highest BCUT2D eigenvalue weighted by Gasteiger charge is 2.21. The van der Waals surface area contributed by atoms with Gasteiger partial charge in [-0.2, -0.15) is 0 Å². The van der Waals surface area contributed by atoms with Gasteiger partial charge in [-0.05, 0) is 19.1 Å². The van der Waals surface area contributed by atoms with Crippen molar-refractivity contribution in [2.75, 3.05) is 0 Å². The lowest BCUT2D eigenvalue weighted by Crippen LogP contribution is -2.23. The highest BCUT2D eigenvalue weighted by molar-refractivity contribution is 7.89. The Bertz CT molecular complexity index is 783. The number of rotatable bonds is 5. The molecule has 2 rings (SSSR count). The zero-order chi connectivity index (χ0) is 15.6. The quantitative estimate of drug-likeness (QED) is 0.622. The predicted molar refractivity (Wildman–Crippen MR) is 70.0 cm³/mol. The number of sulfonamides is 1. The number of phenolic OH excluding ortho intramolecular Hbond substituents is 1. The molecular formula is C11H11N3O6S. The van der Waals surface area contributed by atoms with Crippen molar-refractivity contribution in [3.05, 3.63) is 46.2 Å².